The van der Waals surface area contributed by atoms with E-state index in [2.05, 4.69) is 54.6 Å². The second-order valence-electron chi connectivity index (χ2n) is 4.15. The topological polar surface area (TPSA) is 29.9 Å². The molecule has 0 bridgehead atoms. The third-order valence-electron chi connectivity index (χ3n) is 2.99. The molecule has 1 N–H and O–H groups in total. The van der Waals surface area contributed by atoms with Gasteiger partial charge in [-0.3, -0.25) is 4.68 Å². The van der Waals surface area contributed by atoms with Crippen molar-refractivity contribution in [3.05, 3.63) is 53.9 Å². The van der Waals surface area contributed by atoms with Crippen molar-refractivity contribution in [3.63, 3.8) is 0 Å². The Kier molecular flexibility index (Phi) is 3.94. The van der Waals surface area contributed by atoms with Crippen LogP contribution in [0.2, 0.25) is 0 Å². The Morgan fingerprint density at radius 2 is 2.00 bits per heavy atom. The molecule has 0 fully saturated rings. The SMILES string of the molecule is CCn1nccc1CN[C@H](C)c1ccccc1. The van der Waals surface area contributed by atoms with Crippen molar-refractivity contribution < 1.29 is 0 Å². The van der Waals surface area contributed by atoms with E-state index in [9.17, 15) is 0 Å². The summed E-state index contributed by atoms with van der Waals surface area (Å²) >= 11 is 0. The lowest BCUT2D eigenvalue weighted by Gasteiger charge is -2.14. The zero-order chi connectivity index (χ0) is 12.1. The first-order valence-corrected chi connectivity index (χ1v) is 6.10. The van der Waals surface area contributed by atoms with Crippen molar-refractivity contribution in [1.29, 1.82) is 0 Å². The molecule has 1 aromatic heterocycles. The Bertz CT molecular complexity index is 448. The number of rotatable bonds is 5. The van der Waals surface area contributed by atoms with Gasteiger partial charge in [0, 0.05) is 25.3 Å². The highest BCUT2D eigenvalue weighted by atomic mass is 15.3. The largest absolute Gasteiger partial charge is 0.305 e. The second-order valence-corrected chi connectivity index (χ2v) is 4.15. The molecule has 0 aliphatic carbocycles. The predicted octanol–water partition coefficient (Wildman–Crippen LogP) is 2.75. The van der Waals surface area contributed by atoms with Crippen molar-refractivity contribution >= 4 is 0 Å². The van der Waals surface area contributed by atoms with Gasteiger partial charge >= 0.3 is 0 Å². The highest BCUT2D eigenvalue weighted by Crippen LogP contribution is 2.12. The molecule has 0 saturated carbocycles. The molecule has 0 unspecified atom stereocenters. The summed E-state index contributed by atoms with van der Waals surface area (Å²) in [6.07, 6.45) is 1.85. The smallest absolute Gasteiger partial charge is 0.0522 e. The van der Waals surface area contributed by atoms with Crippen molar-refractivity contribution in [2.24, 2.45) is 0 Å². The van der Waals surface area contributed by atoms with E-state index in [-0.39, 0.29) is 0 Å². The van der Waals surface area contributed by atoms with Gasteiger partial charge in [0.15, 0.2) is 0 Å². The molecule has 3 heteroatoms. The number of hydrogen-bond donors (Lipinski definition) is 1. The van der Waals surface area contributed by atoms with Crippen LogP contribution in [-0.2, 0) is 13.1 Å². The molecular weight excluding hydrogens is 210 g/mol. The quantitative estimate of drug-likeness (QED) is 0.854. The van der Waals surface area contributed by atoms with Gasteiger partial charge in [-0.1, -0.05) is 30.3 Å². The zero-order valence-electron chi connectivity index (χ0n) is 10.4. The van der Waals surface area contributed by atoms with Gasteiger partial charge in [0.05, 0.1) is 5.69 Å². The average Bonchev–Trinajstić information content (AvgIpc) is 2.84. The number of aryl methyl sites for hydroxylation is 1. The van der Waals surface area contributed by atoms with Crippen molar-refractivity contribution in [2.75, 3.05) is 0 Å². The monoisotopic (exact) mass is 229 g/mol. The number of aromatic nitrogens is 2. The van der Waals surface area contributed by atoms with Crippen molar-refractivity contribution in [2.45, 2.75) is 33.0 Å². The Balaban J connectivity index is 1.95. The van der Waals surface area contributed by atoms with Gasteiger partial charge in [-0.05, 0) is 25.5 Å². The van der Waals surface area contributed by atoms with E-state index >= 15 is 0 Å². The Labute approximate surface area is 102 Å². The molecule has 0 radical (unpaired) electrons. The maximum Gasteiger partial charge on any atom is 0.0522 e. The molecule has 0 saturated heterocycles. The summed E-state index contributed by atoms with van der Waals surface area (Å²) < 4.78 is 2.02. The summed E-state index contributed by atoms with van der Waals surface area (Å²) in [4.78, 5) is 0. The minimum atomic E-state index is 0.358. The molecule has 0 aliphatic heterocycles. The lowest BCUT2D eigenvalue weighted by Crippen LogP contribution is -2.20. The van der Waals surface area contributed by atoms with Crippen LogP contribution in [0, 0.1) is 0 Å². The summed E-state index contributed by atoms with van der Waals surface area (Å²) in [5, 5.41) is 7.78. The molecule has 0 spiro atoms. The molecule has 2 aromatic rings. The van der Waals surface area contributed by atoms with E-state index in [1.54, 1.807) is 0 Å². The first-order valence-electron chi connectivity index (χ1n) is 6.10. The minimum absolute atomic E-state index is 0.358. The van der Waals surface area contributed by atoms with Crippen LogP contribution in [0.5, 0.6) is 0 Å². The first-order chi connectivity index (χ1) is 8.31. The van der Waals surface area contributed by atoms with Gasteiger partial charge in [-0.15, -0.1) is 0 Å². The Morgan fingerprint density at radius 3 is 2.71 bits per heavy atom. The van der Waals surface area contributed by atoms with Gasteiger partial charge in [0.25, 0.3) is 0 Å². The fraction of sp³-hybridized carbons (Fsp3) is 0.357. The third-order valence-corrected chi connectivity index (χ3v) is 2.99. The summed E-state index contributed by atoms with van der Waals surface area (Å²) in [6.45, 7) is 6.06. The van der Waals surface area contributed by atoms with Gasteiger partial charge in [0.2, 0.25) is 0 Å². The summed E-state index contributed by atoms with van der Waals surface area (Å²) in [5.41, 5.74) is 2.55. The molecule has 90 valence electrons. The van der Waals surface area contributed by atoms with Gasteiger partial charge in [-0.25, -0.2) is 0 Å². The van der Waals surface area contributed by atoms with Crippen LogP contribution >= 0.6 is 0 Å². The maximum atomic E-state index is 4.26. The molecular formula is C14H19N3. The molecule has 1 atom stereocenters. The van der Waals surface area contributed by atoms with Crippen LogP contribution in [0.25, 0.3) is 0 Å². The number of hydrogen-bond acceptors (Lipinski definition) is 2. The minimum Gasteiger partial charge on any atom is -0.305 e. The van der Waals surface area contributed by atoms with Crippen LogP contribution < -0.4 is 5.32 Å². The van der Waals surface area contributed by atoms with Gasteiger partial charge in [0.1, 0.15) is 0 Å². The fourth-order valence-corrected chi connectivity index (χ4v) is 1.91. The van der Waals surface area contributed by atoms with Crippen LogP contribution in [0.15, 0.2) is 42.6 Å². The van der Waals surface area contributed by atoms with E-state index in [0.29, 0.717) is 6.04 Å². The summed E-state index contributed by atoms with van der Waals surface area (Å²) in [6, 6.07) is 12.9. The predicted molar refractivity (Wildman–Crippen MR) is 69.6 cm³/mol. The number of nitrogens with one attached hydrogen (secondary N) is 1. The summed E-state index contributed by atoms with van der Waals surface area (Å²) in [7, 11) is 0. The van der Waals surface area contributed by atoms with Crippen LogP contribution in [-0.4, -0.2) is 9.78 Å². The molecule has 17 heavy (non-hydrogen) atoms. The van der Waals surface area contributed by atoms with Crippen LogP contribution in [0.3, 0.4) is 0 Å². The van der Waals surface area contributed by atoms with E-state index < -0.39 is 0 Å². The zero-order valence-corrected chi connectivity index (χ0v) is 10.4. The van der Waals surface area contributed by atoms with E-state index in [1.807, 2.05) is 16.9 Å². The maximum absolute atomic E-state index is 4.26. The molecule has 2 rings (SSSR count). The Morgan fingerprint density at radius 1 is 1.24 bits per heavy atom. The van der Waals surface area contributed by atoms with Gasteiger partial charge < -0.3 is 5.32 Å². The molecule has 0 amide bonds. The normalized spacial score (nSPS) is 12.6. The van der Waals surface area contributed by atoms with Crippen molar-refractivity contribution in [1.82, 2.24) is 15.1 Å². The lowest BCUT2D eigenvalue weighted by atomic mass is 10.1. The average molecular weight is 229 g/mol. The lowest BCUT2D eigenvalue weighted by molar-refractivity contribution is 0.531. The van der Waals surface area contributed by atoms with Crippen LogP contribution in [0.4, 0.5) is 0 Å². The summed E-state index contributed by atoms with van der Waals surface area (Å²) in [5.74, 6) is 0. The van der Waals surface area contributed by atoms with Gasteiger partial charge in [-0.2, -0.15) is 5.10 Å². The molecule has 0 aliphatic rings. The second kappa shape index (κ2) is 5.64. The highest BCUT2D eigenvalue weighted by molar-refractivity contribution is 5.18. The molecule has 3 nitrogen and oxygen atoms in total. The van der Waals surface area contributed by atoms with Crippen molar-refractivity contribution in [3.8, 4) is 0 Å². The fourth-order valence-electron chi connectivity index (χ4n) is 1.91. The standard InChI is InChI=1S/C14H19N3/c1-3-17-14(9-10-16-17)11-15-12(2)13-7-5-4-6-8-13/h4-10,12,15H,3,11H2,1-2H3/t12-/m1/s1. The Hall–Kier alpha value is -1.61. The third kappa shape index (κ3) is 2.94. The number of benzene rings is 1. The molecule has 1 heterocycles. The van der Waals surface area contributed by atoms with Crippen LogP contribution in [0.1, 0.15) is 31.1 Å². The first kappa shape index (κ1) is 11.9. The highest BCUT2D eigenvalue weighted by Gasteiger charge is 2.05. The van der Waals surface area contributed by atoms with E-state index in [1.165, 1.54) is 11.3 Å². The van der Waals surface area contributed by atoms with E-state index in [0.717, 1.165) is 13.1 Å². The number of nitrogens with zero attached hydrogens (tertiary/aromatic N) is 2. The van der Waals surface area contributed by atoms with E-state index in [4.69, 9.17) is 0 Å². The molecule has 1 aromatic carbocycles.